The molecular formula is C9H11N6O4PS2-2. The van der Waals surface area contributed by atoms with E-state index in [0.717, 1.165) is 4.90 Å². The molecule has 120 valence electrons. The molecule has 2 atom stereocenters. The SMILES string of the molecule is Cn1nnnc1SCC1=C(P(=O)([O-])[O-])N2C(=O)[C@@H](N)[C@H]2SC1. The molecule has 0 radical (unpaired) electrons. The highest BCUT2D eigenvalue weighted by atomic mass is 32.2. The molecule has 1 amide bonds. The Balaban J connectivity index is 1.89. The highest BCUT2D eigenvalue weighted by Gasteiger charge is 2.50. The van der Waals surface area contributed by atoms with Gasteiger partial charge in [0.05, 0.1) is 5.44 Å². The van der Waals surface area contributed by atoms with Gasteiger partial charge in [-0.1, -0.05) is 11.8 Å². The van der Waals surface area contributed by atoms with Crippen LogP contribution in [0.2, 0.25) is 0 Å². The summed E-state index contributed by atoms with van der Waals surface area (Å²) < 4.78 is 13.0. The van der Waals surface area contributed by atoms with Crippen molar-refractivity contribution in [2.45, 2.75) is 16.6 Å². The molecule has 3 heterocycles. The summed E-state index contributed by atoms with van der Waals surface area (Å²) >= 11 is 2.54. The van der Waals surface area contributed by atoms with E-state index in [2.05, 4.69) is 15.5 Å². The average molecular weight is 362 g/mol. The van der Waals surface area contributed by atoms with Gasteiger partial charge in [-0.05, 0) is 23.6 Å². The molecular weight excluding hydrogens is 351 g/mol. The Labute approximate surface area is 133 Å². The fourth-order valence-electron chi connectivity index (χ4n) is 2.24. The van der Waals surface area contributed by atoms with Crippen LogP contribution in [0, 0.1) is 0 Å². The van der Waals surface area contributed by atoms with Crippen LogP contribution in [-0.2, 0) is 16.4 Å². The first-order valence-corrected chi connectivity index (χ1v) is 9.68. The summed E-state index contributed by atoms with van der Waals surface area (Å²) in [6, 6.07) is -0.760. The van der Waals surface area contributed by atoms with Gasteiger partial charge >= 0.3 is 0 Å². The molecule has 22 heavy (non-hydrogen) atoms. The van der Waals surface area contributed by atoms with Gasteiger partial charge in [0.25, 0.3) is 0 Å². The maximum atomic E-state index is 11.8. The van der Waals surface area contributed by atoms with Crippen LogP contribution in [0.5, 0.6) is 0 Å². The molecule has 0 bridgehead atoms. The molecule has 1 fully saturated rings. The monoisotopic (exact) mass is 362 g/mol. The molecule has 2 aliphatic rings. The lowest BCUT2D eigenvalue weighted by Crippen LogP contribution is -2.68. The van der Waals surface area contributed by atoms with E-state index in [-0.39, 0.29) is 5.75 Å². The largest absolute Gasteiger partial charge is 0.806 e. The number of hydrogen-bond donors (Lipinski definition) is 1. The third-order valence-corrected chi connectivity index (χ3v) is 6.78. The molecule has 0 spiro atoms. The summed E-state index contributed by atoms with van der Waals surface area (Å²) in [5.41, 5.74) is 5.57. The predicted octanol–water partition coefficient (Wildman–Crippen LogP) is -2.33. The van der Waals surface area contributed by atoms with Crippen molar-refractivity contribution in [3.05, 3.63) is 11.0 Å². The quantitative estimate of drug-likeness (QED) is 0.350. The van der Waals surface area contributed by atoms with Gasteiger partial charge < -0.3 is 20.1 Å². The number of tetrazole rings is 1. The van der Waals surface area contributed by atoms with Crippen molar-refractivity contribution in [2.24, 2.45) is 12.8 Å². The van der Waals surface area contributed by atoms with E-state index in [0.29, 0.717) is 16.5 Å². The van der Waals surface area contributed by atoms with Gasteiger partial charge in [0.2, 0.25) is 11.1 Å². The fourth-order valence-corrected chi connectivity index (χ4v) is 5.84. The Hall–Kier alpha value is -0.910. The Kier molecular flexibility index (Phi) is 4.08. The third-order valence-electron chi connectivity index (χ3n) is 3.27. The number of hydrogen-bond acceptors (Lipinski definition) is 10. The Morgan fingerprint density at radius 1 is 1.55 bits per heavy atom. The zero-order chi connectivity index (χ0) is 16.1. The number of amides is 1. The summed E-state index contributed by atoms with van der Waals surface area (Å²) in [6.45, 7) is 0. The second-order valence-corrected chi connectivity index (χ2v) is 8.20. The van der Waals surface area contributed by atoms with Crippen molar-refractivity contribution in [3.63, 3.8) is 0 Å². The van der Waals surface area contributed by atoms with Crippen LogP contribution < -0.4 is 15.5 Å². The second-order valence-electron chi connectivity index (χ2n) is 4.73. The van der Waals surface area contributed by atoms with Gasteiger partial charge in [0.1, 0.15) is 11.4 Å². The van der Waals surface area contributed by atoms with Crippen molar-refractivity contribution < 1.29 is 19.1 Å². The maximum absolute atomic E-state index is 11.8. The minimum atomic E-state index is -5.08. The van der Waals surface area contributed by atoms with Crippen LogP contribution in [0.4, 0.5) is 0 Å². The second kappa shape index (κ2) is 5.62. The van der Waals surface area contributed by atoms with E-state index >= 15 is 0 Å². The van der Waals surface area contributed by atoms with E-state index in [1.165, 1.54) is 28.2 Å². The number of fused-ring (bicyclic) bond motifs is 1. The molecule has 1 saturated heterocycles. The molecule has 1 aromatic rings. The minimum absolute atomic E-state index is 0.205. The number of carbonyl (C=O) groups is 1. The van der Waals surface area contributed by atoms with Crippen LogP contribution in [0.15, 0.2) is 16.2 Å². The molecule has 2 N–H and O–H groups in total. The van der Waals surface area contributed by atoms with E-state index in [4.69, 9.17) is 5.73 Å². The number of aromatic nitrogens is 4. The van der Waals surface area contributed by atoms with E-state index in [9.17, 15) is 19.1 Å². The zero-order valence-corrected chi connectivity index (χ0v) is 13.8. The summed E-state index contributed by atoms with van der Waals surface area (Å²) in [4.78, 5) is 36.0. The first-order chi connectivity index (χ1) is 10.3. The summed E-state index contributed by atoms with van der Waals surface area (Å²) in [5.74, 6) is -0.0111. The Bertz CT molecular complexity index is 702. The van der Waals surface area contributed by atoms with Crippen molar-refractivity contribution in [3.8, 4) is 0 Å². The fraction of sp³-hybridized carbons (Fsp3) is 0.556. The molecule has 0 unspecified atom stereocenters. The van der Waals surface area contributed by atoms with E-state index in [1.807, 2.05) is 0 Å². The molecule has 0 aliphatic carbocycles. The Morgan fingerprint density at radius 2 is 2.27 bits per heavy atom. The molecule has 3 rings (SSSR count). The number of carbonyl (C=O) groups excluding carboxylic acids is 1. The molecule has 13 heteroatoms. The van der Waals surface area contributed by atoms with E-state index < -0.39 is 30.4 Å². The lowest BCUT2D eigenvalue weighted by Gasteiger charge is -2.53. The molecule has 0 saturated carbocycles. The smallest absolute Gasteiger partial charge is 0.248 e. The highest BCUT2D eigenvalue weighted by Crippen LogP contribution is 2.51. The van der Waals surface area contributed by atoms with Gasteiger partial charge in [-0.2, -0.15) is 0 Å². The van der Waals surface area contributed by atoms with Crippen LogP contribution in [0.1, 0.15) is 0 Å². The normalized spacial score (nSPS) is 25.3. The van der Waals surface area contributed by atoms with Crippen LogP contribution >= 0.6 is 31.1 Å². The standard InChI is InChI=1S/C9H13N6O4PS2/c1-14-9(11-12-13-14)22-3-4-2-21-8-5(10)6(16)15(8)7(4)20(17,18)19/h5,8H,2-3,10H2,1H3,(H2,17,18,19)/p-2/t5-,8-/m1/s1. The van der Waals surface area contributed by atoms with Gasteiger partial charge in [-0.3, -0.25) is 9.69 Å². The van der Waals surface area contributed by atoms with Crippen LogP contribution in [0.25, 0.3) is 0 Å². The molecule has 1 aromatic heterocycles. The zero-order valence-electron chi connectivity index (χ0n) is 11.3. The van der Waals surface area contributed by atoms with Crippen molar-refractivity contribution in [1.29, 1.82) is 0 Å². The minimum Gasteiger partial charge on any atom is -0.806 e. The van der Waals surface area contributed by atoms with Crippen LogP contribution in [-0.4, -0.2) is 53.9 Å². The highest BCUT2D eigenvalue weighted by molar-refractivity contribution is 8.01. The summed E-state index contributed by atoms with van der Waals surface area (Å²) in [5, 5.41) is 10.9. The first-order valence-electron chi connectivity index (χ1n) is 6.10. The first kappa shape index (κ1) is 16.0. The van der Waals surface area contributed by atoms with E-state index in [1.54, 1.807) is 7.05 Å². The lowest BCUT2D eigenvalue weighted by molar-refractivity contribution is -0.312. The predicted molar refractivity (Wildman–Crippen MR) is 75.2 cm³/mol. The lowest BCUT2D eigenvalue weighted by atomic mass is 10.1. The van der Waals surface area contributed by atoms with Crippen molar-refractivity contribution in [2.75, 3.05) is 11.5 Å². The summed E-state index contributed by atoms with van der Waals surface area (Å²) in [6.07, 6.45) is 0. The van der Waals surface area contributed by atoms with Crippen molar-refractivity contribution in [1.82, 2.24) is 25.1 Å². The number of aryl methyl sites for hydroxylation is 1. The molecule has 2 aliphatic heterocycles. The maximum Gasteiger partial charge on any atom is 0.248 e. The average Bonchev–Trinajstić information content (AvgIpc) is 2.87. The third kappa shape index (κ3) is 2.59. The number of nitrogens with zero attached hydrogens (tertiary/aromatic N) is 5. The number of β-lactam (4-membered cyclic amide) rings is 1. The van der Waals surface area contributed by atoms with Gasteiger partial charge in [0, 0.05) is 18.6 Å². The van der Waals surface area contributed by atoms with Crippen LogP contribution in [0.3, 0.4) is 0 Å². The summed E-state index contributed by atoms with van der Waals surface area (Å²) in [7, 11) is -3.43. The topological polar surface area (TPSA) is 153 Å². The molecule has 10 nitrogen and oxygen atoms in total. The number of thioether (sulfide) groups is 2. The molecule has 0 aromatic carbocycles. The van der Waals surface area contributed by atoms with Gasteiger partial charge in [-0.25, -0.2) is 4.68 Å². The van der Waals surface area contributed by atoms with Gasteiger partial charge in [-0.15, -0.1) is 16.9 Å². The van der Waals surface area contributed by atoms with Crippen molar-refractivity contribution >= 4 is 37.0 Å². The van der Waals surface area contributed by atoms with Gasteiger partial charge in [0.15, 0.2) is 0 Å². The number of rotatable bonds is 4. The number of nitrogens with two attached hydrogens (primary N) is 1. The Morgan fingerprint density at radius 3 is 2.86 bits per heavy atom.